The summed E-state index contributed by atoms with van der Waals surface area (Å²) in [6.07, 6.45) is 1.08. The van der Waals surface area contributed by atoms with E-state index in [0.29, 0.717) is 12.1 Å². The lowest BCUT2D eigenvalue weighted by Gasteiger charge is -2.26. The number of H-pyrrole nitrogens is 1. The summed E-state index contributed by atoms with van der Waals surface area (Å²) >= 11 is 0. The summed E-state index contributed by atoms with van der Waals surface area (Å²) in [5.74, 6) is -0.641. The molecule has 0 radical (unpaired) electrons. The minimum Gasteiger partial charge on any atom is -0.361 e. The van der Waals surface area contributed by atoms with Gasteiger partial charge in [0.15, 0.2) is 0 Å². The lowest BCUT2D eigenvalue weighted by molar-refractivity contribution is -0.137. The maximum atomic E-state index is 13.3. The van der Waals surface area contributed by atoms with Crippen LogP contribution in [-0.2, 0) is 11.0 Å². The fourth-order valence-electron chi connectivity index (χ4n) is 4.52. The van der Waals surface area contributed by atoms with Gasteiger partial charge in [-0.3, -0.25) is 4.79 Å². The van der Waals surface area contributed by atoms with Crippen LogP contribution < -0.4 is 5.32 Å². The van der Waals surface area contributed by atoms with Gasteiger partial charge < -0.3 is 15.2 Å². The normalized spacial score (nSPS) is 16.2. The molecule has 7 heteroatoms. The molecule has 1 atom stereocenters. The molecule has 1 aliphatic rings. The highest BCUT2D eigenvalue weighted by molar-refractivity contribution is 5.86. The van der Waals surface area contributed by atoms with Gasteiger partial charge in [0.1, 0.15) is 0 Å². The van der Waals surface area contributed by atoms with Crippen LogP contribution in [0.1, 0.15) is 48.3 Å². The van der Waals surface area contributed by atoms with Crippen molar-refractivity contribution in [1.82, 2.24) is 15.2 Å². The number of piperidine rings is 1. The van der Waals surface area contributed by atoms with Gasteiger partial charge in [0.05, 0.1) is 5.56 Å². The first-order valence-electron chi connectivity index (χ1n) is 11.1. The highest BCUT2D eigenvalue weighted by Crippen LogP contribution is 2.36. The number of carbonyl (C=O) groups is 1. The van der Waals surface area contributed by atoms with Crippen LogP contribution in [0, 0.1) is 0 Å². The Hall–Kier alpha value is -2.80. The largest absolute Gasteiger partial charge is 0.416 e. The van der Waals surface area contributed by atoms with Gasteiger partial charge in [-0.05, 0) is 49.2 Å². The van der Waals surface area contributed by atoms with Gasteiger partial charge >= 0.3 is 6.18 Å². The molecule has 2 heterocycles. The number of benzene rings is 2. The van der Waals surface area contributed by atoms with Crippen molar-refractivity contribution in [1.29, 1.82) is 0 Å². The van der Waals surface area contributed by atoms with Crippen molar-refractivity contribution in [2.45, 2.75) is 37.8 Å². The van der Waals surface area contributed by atoms with E-state index in [1.807, 2.05) is 24.3 Å². The second-order valence-corrected chi connectivity index (χ2v) is 8.42. The van der Waals surface area contributed by atoms with E-state index in [1.165, 1.54) is 25.3 Å². The molecule has 0 bridgehead atoms. The summed E-state index contributed by atoms with van der Waals surface area (Å²) < 4.78 is 40.0. The quantitative estimate of drug-likeness (QED) is 0.520. The van der Waals surface area contributed by atoms with Gasteiger partial charge in [0.25, 0.3) is 0 Å². The topological polar surface area (TPSA) is 48.1 Å². The predicted octanol–water partition coefficient (Wildman–Crippen LogP) is 5.31. The van der Waals surface area contributed by atoms with Gasteiger partial charge in [0, 0.05) is 42.5 Å². The van der Waals surface area contributed by atoms with E-state index in [1.54, 1.807) is 12.3 Å². The van der Waals surface area contributed by atoms with E-state index in [9.17, 15) is 18.0 Å². The van der Waals surface area contributed by atoms with Gasteiger partial charge in [0.2, 0.25) is 5.91 Å². The number of nitrogens with zero attached hydrogens (tertiary/aromatic N) is 1. The minimum atomic E-state index is -4.43. The van der Waals surface area contributed by atoms with Crippen LogP contribution in [0.2, 0.25) is 0 Å². The van der Waals surface area contributed by atoms with E-state index in [-0.39, 0.29) is 12.3 Å². The number of nitrogens with one attached hydrogen (secondary N) is 2. The molecule has 0 saturated carbocycles. The molecule has 2 aromatic carbocycles. The highest BCUT2D eigenvalue weighted by atomic mass is 19.4. The maximum absolute atomic E-state index is 13.3. The van der Waals surface area contributed by atoms with Crippen molar-refractivity contribution in [3.63, 3.8) is 0 Å². The van der Waals surface area contributed by atoms with Crippen molar-refractivity contribution >= 4 is 16.8 Å². The number of likely N-dealkylation sites (tertiary alicyclic amines) is 1. The number of aromatic amines is 1. The third kappa shape index (κ3) is 5.33. The Labute approximate surface area is 185 Å². The molecule has 1 saturated heterocycles. The van der Waals surface area contributed by atoms with Crippen LogP contribution in [0.25, 0.3) is 10.9 Å². The average Bonchev–Trinajstić information content (AvgIpc) is 3.22. The lowest BCUT2D eigenvalue weighted by atomic mass is 9.87. The van der Waals surface area contributed by atoms with Crippen molar-refractivity contribution in [3.8, 4) is 0 Å². The van der Waals surface area contributed by atoms with Crippen LogP contribution in [0.4, 0.5) is 13.2 Å². The monoisotopic (exact) mass is 443 g/mol. The molecule has 2 N–H and O–H groups in total. The molecular weight excluding hydrogens is 415 g/mol. The van der Waals surface area contributed by atoms with Gasteiger partial charge in [-0.25, -0.2) is 0 Å². The summed E-state index contributed by atoms with van der Waals surface area (Å²) in [5.41, 5.74) is 1.50. The number of hydrogen-bond acceptors (Lipinski definition) is 2. The number of aromatic nitrogens is 1. The van der Waals surface area contributed by atoms with E-state index in [4.69, 9.17) is 0 Å². The van der Waals surface area contributed by atoms with Crippen LogP contribution in [-0.4, -0.2) is 42.0 Å². The van der Waals surface area contributed by atoms with Gasteiger partial charge in [-0.1, -0.05) is 42.8 Å². The van der Waals surface area contributed by atoms with Crippen LogP contribution in [0.3, 0.4) is 0 Å². The summed E-state index contributed by atoms with van der Waals surface area (Å²) in [4.78, 5) is 18.3. The lowest BCUT2D eigenvalue weighted by Crippen LogP contribution is -2.38. The number of carbonyl (C=O) groups excluding carboxylic acids is 1. The molecule has 1 aliphatic heterocycles. The summed E-state index contributed by atoms with van der Waals surface area (Å²) in [6, 6.07) is 12.9. The molecule has 3 aromatic rings. The third-order valence-corrected chi connectivity index (χ3v) is 6.20. The fraction of sp³-hybridized carbons (Fsp3) is 0.400. The van der Waals surface area contributed by atoms with Crippen LogP contribution in [0.15, 0.2) is 54.7 Å². The Balaban J connectivity index is 1.55. The fourth-order valence-corrected chi connectivity index (χ4v) is 4.52. The van der Waals surface area contributed by atoms with E-state index in [0.717, 1.165) is 48.2 Å². The van der Waals surface area contributed by atoms with Crippen molar-refractivity contribution in [3.05, 3.63) is 71.4 Å². The smallest absolute Gasteiger partial charge is 0.361 e. The van der Waals surface area contributed by atoms with Crippen LogP contribution in [0.5, 0.6) is 0 Å². The summed E-state index contributed by atoms with van der Waals surface area (Å²) in [5, 5.41) is 3.89. The van der Waals surface area contributed by atoms with E-state index in [2.05, 4.69) is 15.2 Å². The minimum absolute atomic E-state index is 0.0865. The molecular formula is C25H28F3N3O. The predicted molar refractivity (Wildman–Crippen MR) is 120 cm³/mol. The average molecular weight is 444 g/mol. The Morgan fingerprint density at radius 2 is 1.84 bits per heavy atom. The molecule has 32 heavy (non-hydrogen) atoms. The van der Waals surface area contributed by atoms with E-state index < -0.39 is 17.7 Å². The number of halogens is 3. The Bertz CT molecular complexity index is 1050. The zero-order chi connectivity index (χ0) is 22.6. The molecule has 0 aliphatic carbocycles. The number of alkyl halides is 3. The molecule has 1 amide bonds. The standard InChI is InChI=1S/C25H28F3N3O/c26-25(27,28)19-8-6-7-18(15-19)21(22-17-30-23-10-3-2-9-20(22)23)16-24(32)29-11-14-31-12-4-1-5-13-31/h2-3,6-10,15,17,21,30H,1,4-5,11-14,16H2,(H,29,32). The van der Waals surface area contributed by atoms with Gasteiger partial charge in [-0.15, -0.1) is 0 Å². The zero-order valence-corrected chi connectivity index (χ0v) is 17.9. The highest BCUT2D eigenvalue weighted by Gasteiger charge is 2.31. The second-order valence-electron chi connectivity index (χ2n) is 8.42. The van der Waals surface area contributed by atoms with Crippen molar-refractivity contribution < 1.29 is 18.0 Å². The number of para-hydroxylation sites is 1. The Kier molecular flexibility index (Phi) is 6.84. The first-order valence-corrected chi connectivity index (χ1v) is 11.1. The number of hydrogen-bond donors (Lipinski definition) is 2. The molecule has 170 valence electrons. The molecule has 4 rings (SSSR count). The SMILES string of the molecule is O=C(CC(c1cccc(C(F)(F)F)c1)c1c[nH]c2ccccc12)NCCN1CCCCC1. The molecule has 4 nitrogen and oxygen atoms in total. The first-order chi connectivity index (χ1) is 15.4. The number of amides is 1. The Morgan fingerprint density at radius 1 is 1.06 bits per heavy atom. The Morgan fingerprint density at radius 3 is 2.62 bits per heavy atom. The van der Waals surface area contributed by atoms with Crippen LogP contribution >= 0.6 is 0 Å². The summed E-state index contributed by atoms with van der Waals surface area (Å²) in [6.45, 7) is 3.45. The number of rotatable bonds is 7. The van der Waals surface area contributed by atoms with Gasteiger partial charge in [-0.2, -0.15) is 13.2 Å². The van der Waals surface area contributed by atoms with Crippen molar-refractivity contribution in [2.75, 3.05) is 26.2 Å². The molecule has 1 aromatic heterocycles. The zero-order valence-electron chi connectivity index (χ0n) is 17.9. The third-order valence-electron chi connectivity index (χ3n) is 6.20. The molecule has 0 spiro atoms. The molecule has 1 unspecified atom stereocenters. The number of fused-ring (bicyclic) bond motifs is 1. The first kappa shape index (κ1) is 22.4. The second kappa shape index (κ2) is 9.77. The summed E-state index contributed by atoms with van der Waals surface area (Å²) in [7, 11) is 0. The van der Waals surface area contributed by atoms with E-state index >= 15 is 0 Å². The molecule has 1 fully saturated rings. The van der Waals surface area contributed by atoms with Crippen molar-refractivity contribution in [2.24, 2.45) is 0 Å². The maximum Gasteiger partial charge on any atom is 0.416 e.